The van der Waals surface area contributed by atoms with Crippen LogP contribution in [0.25, 0.3) is 0 Å². The third-order valence-corrected chi connectivity index (χ3v) is 3.03. The van der Waals surface area contributed by atoms with Crippen LogP contribution in [-0.4, -0.2) is 28.6 Å². The fourth-order valence-electron chi connectivity index (χ4n) is 1.80. The van der Waals surface area contributed by atoms with E-state index in [0.29, 0.717) is 5.56 Å². The van der Waals surface area contributed by atoms with E-state index in [-0.39, 0.29) is 13.0 Å². The van der Waals surface area contributed by atoms with E-state index in [2.05, 4.69) is 4.74 Å². The summed E-state index contributed by atoms with van der Waals surface area (Å²) in [4.78, 5) is 11.6. The Hall–Kier alpha value is -1.43. The predicted octanol–water partition coefficient (Wildman–Crippen LogP) is 0.495. The molecule has 100 valence electrons. The minimum Gasteiger partial charge on any atom is -0.462 e. The molecule has 0 fully saturated rings. The lowest BCUT2D eigenvalue weighted by Gasteiger charge is -2.38. The number of hydrogen-bond acceptors (Lipinski definition) is 5. The number of aliphatic hydroxyl groups is 2. The van der Waals surface area contributed by atoms with Gasteiger partial charge in [0, 0.05) is 0 Å². The average molecular weight is 253 g/mol. The van der Waals surface area contributed by atoms with Gasteiger partial charge in [-0.1, -0.05) is 37.3 Å². The second-order valence-electron chi connectivity index (χ2n) is 4.08. The predicted molar refractivity (Wildman–Crippen MR) is 66.4 cm³/mol. The molecule has 0 aromatic heterocycles. The number of ether oxygens (including phenoxy) is 1. The zero-order valence-corrected chi connectivity index (χ0v) is 10.6. The van der Waals surface area contributed by atoms with Crippen LogP contribution in [0.3, 0.4) is 0 Å². The molecule has 0 aliphatic carbocycles. The van der Waals surface area contributed by atoms with Gasteiger partial charge in [-0.25, -0.2) is 4.79 Å². The van der Waals surface area contributed by atoms with E-state index < -0.39 is 17.3 Å². The highest BCUT2D eigenvalue weighted by molar-refractivity contribution is 5.79. The van der Waals surface area contributed by atoms with E-state index in [1.54, 1.807) is 44.2 Å². The molecular weight excluding hydrogens is 234 g/mol. The van der Waals surface area contributed by atoms with Crippen molar-refractivity contribution < 1.29 is 19.7 Å². The first kappa shape index (κ1) is 14.6. The van der Waals surface area contributed by atoms with Gasteiger partial charge in [-0.15, -0.1) is 0 Å². The Morgan fingerprint density at radius 2 is 1.83 bits per heavy atom. The lowest BCUT2D eigenvalue weighted by Crippen LogP contribution is -2.62. The summed E-state index contributed by atoms with van der Waals surface area (Å²) >= 11 is 0. The number of esters is 1. The monoisotopic (exact) mass is 253 g/mol. The van der Waals surface area contributed by atoms with Gasteiger partial charge >= 0.3 is 5.97 Å². The van der Waals surface area contributed by atoms with Crippen molar-refractivity contribution in [1.29, 1.82) is 0 Å². The number of carbonyl (C=O) groups is 1. The van der Waals surface area contributed by atoms with Crippen molar-refractivity contribution in [1.82, 2.24) is 0 Å². The third kappa shape index (κ3) is 2.38. The standard InChI is InChI=1S/C13H19NO4/c1-3-12(14,10-8-6-5-7-9-10)13(16,17)11(15)18-4-2/h5-9,16-17H,3-4,14H2,1-2H3/t12-/m0/s1. The zero-order chi connectivity index (χ0) is 13.8. The Kier molecular flexibility index (Phi) is 4.45. The quantitative estimate of drug-likeness (QED) is 0.524. The Bertz CT molecular complexity index is 405. The van der Waals surface area contributed by atoms with Crippen molar-refractivity contribution in [2.24, 2.45) is 5.73 Å². The Labute approximate surface area is 106 Å². The Morgan fingerprint density at radius 1 is 1.28 bits per heavy atom. The van der Waals surface area contributed by atoms with Gasteiger partial charge in [-0.2, -0.15) is 0 Å². The van der Waals surface area contributed by atoms with Gasteiger partial charge in [0.1, 0.15) is 5.54 Å². The lowest BCUT2D eigenvalue weighted by molar-refractivity contribution is -0.235. The van der Waals surface area contributed by atoms with Gasteiger partial charge in [0.25, 0.3) is 5.79 Å². The first-order valence-corrected chi connectivity index (χ1v) is 5.86. The molecule has 18 heavy (non-hydrogen) atoms. The van der Waals surface area contributed by atoms with Gasteiger partial charge in [0.15, 0.2) is 0 Å². The number of carbonyl (C=O) groups excluding carboxylic acids is 1. The van der Waals surface area contributed by atoms with E-state index in [9.17, 15) is 15.0 Å². The van der Waals surface area contributed by atoms with E-state index in [1.807, 2.05) is 0 Å². The summed E-state index contributed by atoms with van der Waals surface area (Å²) in [5, 5.41) is 20.1. The van der Waals surface area contributed by atoms with Crippen molar-refractivity contribution in [3.8, 4) is 0 Å². The maximum absolute atomic E-state index is 11.6. The molecule has 5 heteroatoms. The number of benzene rings is 1. The highest BCUT2D eigenvalue weighted by Gasteiger charge is 2.53. The molecule has 0 aliphatic rings. The Morgan fingerprint density at radius 3 is 2.28 bits per heavy atom. The van der Waals surface area contributed by atoms with Crippen LogP contribution in [0, 0.1) is 0 Å². The summed E-state index contributed by atoms with van der Waals surface area (Å²) in [6, 6.07) is 8.50. The molecule has 4 N–H and O–H groups in total. The third-order valence-electron chi connectivity index (χ3n) is 3.03. The fourth-order valence-corrected chi connectivity index (χ4v) is 1.80. The molecule has 0 bridgehead atoms. The van der Waals surface area contributed by atoms with E-state index >= 15 is 0 Å². The van der Waals surface area contributed by atoms with Crippen molar-refractivity contribution in [3.63, 3.8) is 0 Å². The largest absolute Gasteiger partial charge is 0.462 e. The second kappa shape index (κ2) is 5.48. The molecule has 0 saturated carbocycles. The molecule has 1 aromatic rings. The van der Waals surface area contributed by atoms with Crippen LogP contribution >= 0.6 is 0 Å². The SMILES string of the molecule is CCOC(=O)C(O)(O)[C@](N)(CC)c1ccccc1. The van der Waals surface area contributed by atoms with Crippen LogP contribution in [-0.2, 0) is 15.1 Å². The first-order valence-electron chi connectivity index (χ1n) is 5.86. The van der Waals surface area contributed by atoms with Crippen LogP contribution in [0.5, 0.6) is 0 Å². The average Bonchev–Trinajstić information content (AvgIpc) is 2.38. The maximum atomic E-state index is 11.6. The summed E-state index contributed by atoms with van der Waals surface area (Å²) in [7, 11) is 0. The van der Waals surface area contributed by atoms with E-state index in [4.69, 9.17) is 5.73 Å². The van der Waals surface area contributed by atoms with Crippen LogP contribution in [0.4, 0.5) is 0 Å². The molecule has 1 rings (SSSR count). The van der Waals surface area contributed by atoms with Gasteiger partial charge in [-0.05, 0) is 18.9 Å². The molecule has 0 spiro atoms. The number of hydrogen-bond donors (Lipinski definition) is 3. The Balaban J connectivity index is 3.19. The molecule has 0 aliphatic heterocycles. The smallest absolute Gasteiger partial charge is 0.368 e. The summed E-state index contributed by atoms with van der Waals surface area (Å²) in [5.41, 5.74) is 4.88. The van der Waals surface area contributed by atoms with Crippen LogP contribution in [0.2, 0.25) is 0 Å². The van der Waals surface area contributed by atoms with E-state index in [0.717, 1.165) is 0 Å². The second-order valence-corrected chi connectivity index (χ2v) is 4.08. The normalized spacial score (nSPS) is 14.9. The molecule has 1 aromatic carbocycles. The molecular formula is C13H19NO4. The molecule has 0 heterocycles. The first-order chi connectivity index (χ1) is 8.40. The molecule has 1 atom stereocenters. The van der Waals surface area contributed by atoms with Gasteiger partial charge < -0.3 is 20.7 Å². The molecule has 0 saturated heterocycles. The topological polar surface area (TPSA) is 92.8 Å². The van der Waals surface area contributed by atoms with Crippen LogP contribution < -0.4 is 5.73 Å². The zero-order valence-electron chi connectivity index (χ0n) is 10.6. The summed E-state index contributed by atoms with van der Waals surface area (Å²) < 4.78 is 4.66. The van der Waals surface area contributed by atoms with Gasteiger partial charge in [0.05, 0.1) is 6.61 Å². The van der Waals surface area contributed by atoms with Gasteiger partial charge in [0.2, 0.25) is 0 Å². The lowest BCUT2D eigenvalue weighted by atomic mass is 9.80. The summed E-state index contributed by atoms with van der Waals surface area (Å²) in [6.07, 6.45) is 0.169. The summed E-state index contributed by atoms with van der Waals surface area (Å²) in [5.74, 6) is -3.91. The van der Waals surface area contributed by atoms with Crippen molar-refractivity contribution in [2.75, 3.05) is 6.61 Å². The van der Waals surface area contributed by atoms with E-state index in [1.165, 1.54) is 0 Å². The van der Waals surface area contributed by atoms with Crippen LogP contribution in [0.1, 0.15) is 25.8 Å². The van der Waals surface area contributed by atoms with Crippen molar-refractivity contribution >= 4 is 5.97 Å². The highest BCUT2D eigenvalue weighted by atomic mass is 16.6. The summed E-state index contributed by atoms with van der Waals surface area (Å²) in [6.45, 7) is 3.31. The number of rotatable bonds is 5. The van der Waals surface area contributed by atoms with Gasteiger partial charge in [-0.3, -0.25) is 0 Å². The van der Waals surface area contributed by atoms with Crippen molar-refractivity contribution in [3.05, 3.63) is 35.9 Å². The molecule has 0 radical (unpaired) electrons. The van der Waals surface area contributed by atoms with Crippen molar-refractivity contribution in [2.45, 2.75) is 31.6 Å². The highest BCUT2D eigenvalue weighted by Crippen LogP contribution is 2.33. The maximum Gasteiger partial charge on any atom is 0.368 e. The number of nitrogens with two attached hydrogens (primary N) is 1. The minimum absolute atomic E-state index is 0.0519. The molecule has 0 unspecified atom stereocenters. The molecule has 0 amide bonds. The fraction of sp³-hybridized carbons (Fsp3) is 0.462. The molecule has 5 nitrogen and oxygen atoms in total. The van der Waals surface area contributed by atoms with Crippen LogP contribution in [0.15, 0.2) is 30.3 Å². The minimum atomic E-state index is -2.76.